The highest BCUT2D eigenvalue weighted by Gasteiger charge is 2.18. The Balaban J connectivity index is 1.62. The van der Waals surface area contributed by atoms with Crippen LogP contribution in [0.25, 0.3) is 0 Å². The van der Waals surface area contributed by atoms with Gasteiger partial charge in [0.2, 0.25) is 0 Å². The van der Waals surface area contributed by atoms with Crippen molar-refractivity contribution in [1.29, 1.82) is 0 Å². The molecule has 1 aromatic carbocycles. The van der Waals surface area contributed by atoms with E-state index in [2.05, 4.69) is 28.2 Å². The van der Waals surface area contributed by atoms with Crippen molar-refractivity contribution in [1.82, 2.24) is 40.9 Å². The fraction of sp³-hybridized carbons (Fsp3) is 0.706. The number of carbonyl (C=O) groups is 4. The molecule has 0 heterocycles. The first-order valence-electron chi connectivity index (χ1n) is 17.2. The van der Waals surface area contributed by atoms with Crippen molar-refractivity contribution in [3.05, 3.63) is 35.4 Å². The van der Waals surface area contributed by atoms with Gasteiger partial charge in [-0.3, -0.25) is 0 Å². The minimum absolute atomic E-state index is 0.0425. The highest BCUT2D eigenvalue weighted by molar-refractivity contribution is 5.75. The van der Waals surface area contributed by atoms with Crippen LogP contribution in [0.4, 0.5) is 19.2 Å². The summed E-state index contributed by atoms with van der Waals surface area (Å²) in [5.74, 6) is 0. The molecule has 12 heteroatoms. The van der Waals surface area contributed by atoms with Crippen molar-refractivity contribution >= 4 is 24.1 Å². The van der Waals surface area contributed by atoms with Gasteiger partial charge in [0.25, 0.3) is 0 Å². The summed E-state index contributed by atoms with van der Waals surface area (Å²) < 4.78 is 0. The van der Waals surface area contributed by atoms with Crippen LogP contribution in [0.5, 0.6) is 0 Å². The van der Waals surface area contributed by atoms with Crippen molar-refractivity contribution < 1.29 is 19.2 Å². The molecule has 0 saturated heterocycles. The van der Waals surface area contributed by atoms with E-state index in [4.69, 9.17) is 0 Å². The molecule has 1 aliphatic rings. The number of urea groups is 4. The number of unbranched alkanes of at least 4 members (excludes halogenated alkanes) is 3. The van der Waals surface area contributed by atoms with Crippen LogP contribution < -0.4 is 21.3 Å². The zero-order chi connectivity index (χ0) is 33.7. The third kappa shape index (κ3) is 15.5. The number of hydrogen-bond donors (Lipinski definition) is 4. The SMILES string of the molecule is CCCCCCNC(=O)N(C)CCCN(C)C(=O)NCc1cccc(CNC(=O)N(C)CCCN(C)C(=O)NC2CCCCC2)c1. The zero-order valence-corrected chi connectivity index (χ0v) is 29.0. The third-order valence-corrected chi connectivity index (χ3v) is 8.48. The van der Waals surface area contributed by atoms with E-state index in [1.54, 1.807) is 47.8 Å². The smallest absolute Gasteiger partial charge is 0.317 e. The van der Waals surface area contributed by atoms with Crippen molar-refractivity contribution in [2.45, 2.75) is 96.7 Å². The third-order valence-electron chi connectivity index (χ3n) is 8.48. The largest absolute Gasteiger partial charge is 0.338 e. The Morgan fingerprint density at radius 2 is 1.11 bits per heavy atom. The minimum atomic E-state index is -0.180. The maximum absolute atomic E-state index is 12.6. The van der Waals surface area contributed by atoms with E-state index in [1.807, 2.05) is 24.3 Å². The van der Waals surface area contributed by atoms with Crippen LogP contribution in [-0.4, -0.2) is 111 Å². The van der Waals surface area contributed by atoms with E-state index in [0.29, 0.717) is 58.7 Å². The monoisotopic (exact) mass is 644 g/mol. The molecule has 8 amide bonds. The summed E-state index contributed by atoms with van der Waals surface area (Å²) in [6.07, 6.45) is 11.6. The molecule has 0 aliphatic heterocycles. The summed E-state index contributed by atoms with van der Waals surface area (Å²) >= 11 is 0. The Bertz CT molecular complexity index is 1070. The summed E-state index contributed by atoms with van der Waals surface area (Å²) in [5, 5.41) is 12.0. The van der Waals surface area contributed by atoms with Gasteiger partial charge in [-0.25, -0.2) is 19.2 Å². The Morgan fingerprint density at radius 3 is 1.61 bits per heavy atom. The maximum Gasteiger partial charge on any atom is 0.317 e. The number of nitrogens with zero attached hydrogens (tertiary/aromatic N) is 4. The first kappa shape index (κ1) is 38.5. The maximum atomic E-state index is 12.6. The first-order chi connectivity index (χ1) is 22.1. The average Bonchev–Trinajstić information content (AvgIpc) is 3.06. The average molecular weight is 645 g/mol. The topological polar surface area (TPSA) is 129 Å². The van der Waals surface area contributed by atoms with Crippen LogP contribution in [0.15, 0.2) is 24.3 Å². The number of benzene rings is 1. The van der Waals surface area contributed by atoms with Gasteiger partial charge in [0.1, 0.15) is 0 Å². The van der Waals surface area contributed by atoms with Crippen molar-refractivity contribution in [2.24, 2.45) is 0 Å². The Morgan fingerprint density at radius 1 is 0.630 bits per heavy atom. The highest BCUT2D eigenvalue weighted by Crippen LogP contribution is 2.17. The molecule has 1 saturated carbocycles. The van der Waals surface area contributed by atoms with Gasteiger partial charge in [-0.15, -0.1) is 0 Å². The standard InChI is InChI=1S/C34H60N8O4/c1-6-7-8-12-20-35-31(43)39(2)21-14-22-40(3)32(44)36-26-28-16-13-17-29(25-28)27-37-33(45)41(4)23-15-24-42(5)34(46)38-30-18-10-9-11-19-30/h13,16-17,25,30H,6-12,14-15,18-24,26-27H2,1-5H3,(H,35,43)(H,36,44)(H,37,45)(H,38,46). The van der Waals surface area contributed by atoms with E-state index in [0.717, 1.165) is 36.8 Å². The Hall–Kier alpha value is -3.70. The van der Waals surface area contributed by atoms with Crippen LogP contribution in [0, 0.1) is 0 Å². The second kappa shape index (κ2) is 21.9. The lowest BCUT2D eigenvalue weighted by molar-refractivity contribution is 0.194. The predicted molar refractivity (Wildman–Crippen MR) is 184 cm³/mol. The second-order valence-corrected chi connectivity index (χ2v) is 12.6. The molecule has 0 aromatic heterocycles. The molecule has 0 bridgehead atoms. The number of carbonyl (C=O) groups excluding carboxylic acids is 4. The second-order valence-electron chi connectivity index (χ2n) is 12.6. The molecule has 0 radical (unpaired) electrons. The first-order valence-corrected chi connectivity index (χ1v) is 17.2. The summed E-state index contributed by atoms with van der Waals surface area (Å²) in [6.45, 7) is 5.80. The van der Waals surface area contributed by atoms with E-state index < -0.39 is 0 Å². The van der Waals surface area contributed by atoms with Gasteiger partial charge >= 0.3 is 24.1 Å². The van der Waals surface area contributed by atoms with E-state index in [1.165, 1.54) is 32.1 Å². The quantitative estimate of drug-likeness (QED) is 0.169. The summed E-state index contributed by atoms with van der Waals surface area (Å²) in [7, 11) is 7.07. The fourth-order valence-corrected chi connectivity index (χ4v) is 5.38. The number of amides is 8. The molecular formula is C34H60N8O4. The van der Waals surface area contributed by atoms with Crippen LogP contribution >= 0.6 is 0 Å². The molecule has 46 heavy (non-hydrogen) atoms. The molecule has 4 N–H and O–H groups in total. The molecule has 1 aromatic rings. The van der Waals surface area contributed by atoms with Gasteiger partial charge in [0.15, 0.2) is 0 Å². The molecule has 1 aliphatic carbocycles. The highest BCUT2D eigenvalue weighted by atomic mass is 16.2. The van der Waals surface area contributed by atoms with Crippen LogP contribution in [-0.2, 0) is 13.1 Å². The van der Waals surface area contributed by atoms with E-state index in [-0.39, 0.29) is 30.2 Å². The molecule has 0 atom stereocenters. The van der Waals surface area contributed by atoms with Gasteiger partial charge in [0, 0.05) is 80.0 Å². The molecule has 0 unspecified atom stereocenters. The number of nitrogens with one attached hydrogen (secondary N) is 4. The summed E-state index contributed by atoms with van der Waals surface area (Å²) in [4.78, 5) is 56.5. The molecular weight excluding hydrogens is 584 g/mol. The minimum Gasteiger partial charge on any atom is -0.338 e. The van der Waals surface area contributed by atoms with Crippen molar-refractivity contribution in [2.75, 3.05) is 60.9 Å². The van der Waals surface area contributed by atoms with Gasteiger partial charge in [-0.1, -0.05) is 69.7 Å². The van der Waals surface area contributed by atoms with Crippen LogP contribution in [0.2, 0.25) is 0 Å². The Labute approximate surface area is 277 Å². The predicted octanol–water partition coefficient (Wildman–Crippen LogP) is 4.95. The lowest BCUT2D eigenvalue weighted by Gasteiger charge is -2.26. The van der Waals surface area contributed by atoms with Gasteiger partial charge in [-0.05, 0) is 43.2 Å². The summed E-state index contributed by atoms with van der Waals surface area (Å²) in [5.41, 5.74) is 1.87. The van der Waals surface area contributed by atoms with Gasteiger partial charge in [-0.2, -0.15) is 0 Å². The van der Waals surface area contributed by atoms with E-state index >= 15 is 0 Å². The zero-order valence-electron chi connectivity index (χ0n) is 29.0. The lowest BCUT2D eigenvalue weighted by Crippen LogP contribution is -2.45. The summed E-state index contributed by atoms with van der Waals surface area (Å²) in [6, 6.07) is 7.56. The molecule has 12 nitrogen and oxygen atoms in total. The normalized spacial score (nSPS) is 13.0. The van der Waals surface area contributed by atoms with Crippen LogP contribution in [0.1, 0.15) is 88.7 Å². The van der Waals surface area contributed by atoms with Crippen molar-refractivity contribution in [3.8, 4) is 0 Å². The van der Waals surface area contributed by atoms with Gasteiger partial charge < -0.3 is 40.9 Å². The number of hydrogen-bond acceptors (Lipinski definition) is 4. The molecule has 2 rings (SSSR count). The molecule has 0 spiro atoms. The fourth-order valence-electron chi connectivity index (χ4n) is 5.38. The molecule has 260 valence electrons. The lowest BCUT2D eigenvalue weighted by atomic mass is 9.96. The Kier molecular flexibility index (Phi) is 18.3. The van der Waals surface area contributed by atoms with Crippen LogP contribution in [0.3, 0.4) is 0 Å². The molecule has 1 fully saturated rings. The van der Waals surface area contributed by atoms with E-state index in [9.17, 15) is 19.2 Å². The van der Waals surface area contributed by atoms with Gasteiger partial charge in [0.05, 0.1) is 0 Å². The number of rotatable bonds is 18. The van der Waals surface area contributed by atoms with Crippen molar-refractivity contribution in [3.63, 3.8) is 0 Å².